The van der Waals surface area contributed by atoms with Crippen LogP contribution in [0.2, 0.25) is 0 Å². The highest BCUT2D eigenvalue weighted by molar-refractivity contribution is 6.03. The third kappa shape index (κ3) is 5.62. The molecule has 1 aliphatic rings. The van der Waals surface area contributed by atoms with Crippen LogP contribution in [0.15, 0.2) is 59.0 Å². The zero-order valence-electron chi connectivity index (χ0n) is 18.5. The Balaban J connectivity index is 1.37. The summed E-state index contributed by atoms with van der Waals surface area (Å²) in [6.07, 6.45) is 4.72. The van der Waals surface area contributed by atoms with Crippen molar-refractivity contribution in [1.82, 2.24) is 0 Å². The Hall–Kier alpha value is -4.12. The molecule has 0 radical (unpaired) electrons. The van der Waals surface area contributed by atoms with Crippen LogP contribution in [0, 0.1) is 23.1 Å². The molecule has 4 rings (SSSR count). The number of ether oxygens (including phenoxy) is 1. The molecule has 1 aliphatic carbocycles. The molecular formula is C26H24FN3O4. The molecule has 1 fully saturated rings. The van der Waals surface area contributed by atoms with Crippen LogP contribution in [0.4, 0.5) is 15.8 Å². The maximum Gasteiger partial charge on any atom is 0.291 e. The molecule has 1 saturated carbocycles. The molecule has 0 aliphatic heterocycles. The molecule has 3 aromatic rings. The highest BCUT2D eigenvalue weighted by Gasteiger charge is 2.22. The number of hydrogen-bond acceptors (Lipinski definition) is 5. The highest BCUT2D eigenvalue weighted by atomic mass is 19.1. The number of nitrogens with one attached hydrogen (secondary N) is 2. The minimum atomic E-state index is -0.572. The summed E-state index contributed by atoms with van der Waals surface area (Å²) in [5, 5.41) is 14.4. The number of furan rings is 1. The molecule has 2 N–H and O–H groups in total. The van der Waals surface area contributed by atoms with E-state index in [1.807, 2.05) is 6.07 Å². The molecule has 1 aromatic heterocycles. The number of halogens is 1. The number of rotatable bonds is 7. The Morgan fingerprint density at radius 1 is 1.06 bits per heavy atom. The van der Waals surface area contributed by atoms with Crippen LogP contribution < -0.4 is 15.4 Å². The molecule has 0 bridgehead atoms. The van der Waals surface area contributed by atoms with Crippen molar-refractivity contribution in [1.29, 1.82) is 5.26 Å². The monoisotopic (exact) mass is 461 g/mol. The van der Waals surface area contributed by atoms with Crippen molar-refractivity contribution in [2.45, 2.75) is 38.7 Å². The van der Waals surface area contributed by atoms with E-state index in [4.69, 9.17) is 14.4 Å². The molecule has 174 valence electrons. The molecule has 34 heavy (non-hydrogen) atoms. The van der Waals surface area contributed by atoms with Gasteiger partial charge in [0.05, 0.1) is 11.3 Å². The Labute approximate surface area is 196 Å². The smallest absolute Gasteiger partial charge is 0.291 e. The van der Waals surface area contributed by atoms with E-state index in [-0.39, 0.29) is 29.9 Å². The number of hydrogen-bond donors (Lipinski definition) is 2. The molecule has 0 atom stereocenters. The Bertz CT molecular complexity index is 1220. The number of carbonyl (C=O) groups is 2. The predicted octanol–water partition coefficient (Wildman–Crippen LogP) is 5.64. The second-order valence-corrected chi connectivity index (χ2v) is 8.14. The van der Waals surface area contributed by atoms with Crippen molar-refractivity contribution in [3.8, 4) is 11.8 Å². The Morgan fingerprint density at radius 2 is 1.85 bits per heavy atom. The maximum absolute atomic E-state index is 14.3. The van der Waals surface area contributed by atoms with Crippen molar-refractivity contribution in [2.24, 2.45) is 5.92 Å². The number of carbonyl (C=O) groups excluding carboxylic acids is 2. The molecule has 8 heteroatoms. The second-order valence-electron chi connectivity index (χ2n) is 8.14. The van der Waals surface area contributed by atoms with E-state index >= 15 is 0 Å². The topological polar surface area (TPSA) is 104 Å². The average molecular weight is 461 g/mol. The zero-order valence-corrected chi connectivity index (χ0v) is 18.5. The van der Waals surface area contributed by atoms with Crippen molar-refractivity contribution in [3.63, 3.8) is 0 Å². The molecule has 0 saturated heterocycles. The van der Waals surface area contributed by atoms with Gasteiger partial charge in [0.1, 0.15) is 30.0 Å². The van der Waals surface area contributed by atoms with Crippen LogP contribution >= 0.6 is 0 Å². The molecule has 1 heterocycles. The lowest BCUT2D eigenvalue weighted by molar-refractivity contribution is -0.120. The van der Waals surface area contributed by atoms with E-state index in [1.54, 1.807) is 30.3 Å². The van der Waals surface area contributed by atoms with Crippen LogP contribution in [0.1, 0.15) is 54.0 Å². The molecule has 2 aromatic carbocycles. The van der Waals surface area contributed by atoms with Gasteiger partial charge in [0.15, 0.2) is 5.76 Å². The van der Waals surface area contributed by atoms with E-state index in [0.29, 0.717) is 22.8 Å². The minimum absolute atomic E-state index is 0.0260. The predicted molar refractivity (Wildman–Crippen MR) is 124 cm³/mol. The molecular weight excluding hydrogens is 437 g/mol. The second kappa shape index (κ2) is 10.7. The van der Waals surface area contributed by atoms with Gasteiger partial charge in [0.2, 0.25) is 5.91 Å². The van der Waals surface area contributed by atoms with Crippen molar-refractivity contribution in [3.05, 3.63) is 77.5 Å². The van der Waals surface area contributed by atoms with Gasteiger partial charge in [0.25, 0.3) is 5.91 Å². The summed E-state index contributed by atoms with van der Waals surface area (Å²) in [6, 6.07) is 16.0. The Kier molecular flexibility index (Phi) is 7.23. The average Bonchev–Trinajstić information content (AvgIpc) is 3.35. The van der Waals surface area contributed by atoms with E-state index in [2.05, 4.69) is 10.6 Å². The van der Waals surface area contributed by atoms with Gasteiger partial charge in [-0.05, 0) is 55.3 Å². The summed E-state index contributed by atoms with van der Waals surface area (Å²) < 4.78 is 25.4. The quantitative estimate of drug-likeness (QED) is 0.474. The van der Waals surface area contributed by atoms with E-state index in [1.165, 1.54) is 24.3 Å². The van der Waals surface area contributed by atoms with Crippen molar-refractivity contribution < 1.29 is 23.1 Å². The van der Waals surface area contributed by atoms with E-state index < -0.39 is 11.7 Å². The third-order valence-electron chi connectivity index (χ3n) is 5.72. The summed E-state index contributed by atoms with van der Waals surface area (Å²) in [5.74, 6) is -0.550. The lowest BCUT2D eigenvalue weighted by Crippen LogP contribution is -2.25. The van der Waals surface area contributed by atoms with Gasteiger partial charge in [-0.2, -0.15) is 5.26 Å². The molecule has 0 unspecified atom stereocenters. The van der Waals surface area contributed by atoms with Gasteiger partial charge in [-0.1, -0.05) is 31.4 Å². The fraction of sp³-hybridized carbons (Fsp3) is 0.269. The number of nitriles is 1. The van der Waals surface area contributed by atoms with Crippen LogP contribution in [0.25, 0.3) is 0 Å². The highest BCUT2D eigenvalue weighted by Crippen LogP contribution is 2.27. The summed E-state index contributed by atoms with van der Waals surface area (Å²) in [7, 11) is 0. The van der Waals surface area contributed by atoms with Gasteiger partial charge >= 0.3 is 0 Å². The zero-order chi connectivity index (χ0) is 23.9. The van der Waals surface area contributed by atoms with E-state index in [9.17, 15) is 14.0 Å². The summed E-state index contributed by atoms with van der Waals surface area (Å²) in [6.45, 7) is 0.0415. The van der Waals surface area contributed by atoms with Gasteiger partial charge in [0, 0.05) is 11.6 Å². The Morgan fingerprint density at radius 3 is 2.65 bits per heavy atom. The van der Waals surface area contributed by atoms with E-state index in [0.717, 1.165) is 32.1 Å². The summed E-state index contributed by atoms with van der Waals surface area (Å²) in [4.78, 5) is 25.1. The maximum atomic E-state index is 14.3. The van der Waals surface area contributed by atoms with Gasteiger partial charge in [-0.3, -0.25) is 9.59 Å². The summed E-state index contributed by atoms with van der Waals surface area (Å²) >= 11 is 0. The van der Waals surface area contributed by atoms with Crippen LogP contribution in [0.5, 0.6) is 5.75 Å². The van der Waals surface area contributed by atoms with Gasteiger partial charge < -0.3 is 19.8 Å². The SMILES string of the molecule is N#Cc1ccccc1OCc1ccc(C(=O)Nc2ccc(F)c(NC(=O)C3CCCCC3)c2)o1. The van der Waals surface area contributed by atoms with Crippen LogP contribution in [0.3, 0.4) is 0 Å². The first-order valence-electron chi connectivity index (χ1n) is 11.2. The fourth-order valence-corrected chi connectivity index (χ4v) is 3.90. The van der Waals surface area contributed by atoms with Crippen molar-refractivity contribution in [2.75, 3.05) is 10.6 Å². The van der Waals surface area contributed by atoms with Crippen LogP contribution in [-0.4, -0.2) is 11.8 Å². The fourth-order valence-electron chi connectivity index (χ4n) is 3.90. The number of nitrogens with zero attached hydrogens (tertiary/aromatic N) is 1. The first kappa shape index (κ1) is 23.1. The van der Waals surface area contributed by atoms with Gasteiger partial charge in [-0.15, -0.1) is 0 Å². The standard InChI is InChI=1S/C26H24FN3O4/c27-21-12-10-19(14-22(21)30-25(31)17-6-2-1-3-7-17)29-26(32)24-13-11-20(34-24)16-33-23-9-5-4-8-18(23)15-28/h4-5,8-14,17H,1-3,6-7,16H2,(H,29,32)(H,30,31). The molecule has 7 nitrogen and oxygen atoms in total. The van der Waals surface area contributed by atoms with Crippen molar-refractivity contribution >= 4 is 23.2 Å². The number of para-hydroxylation sites is 1. The first-order valence-corrected chi connectivity index (χ1v) is 11.2. The first-order chi connectivity index (χ1) is 16.5. The number of amides is 2. The van der Waals surface area contributed by atoms with Crippen LogP contribution in [-0.2, 0) is 11.4 Å². The minimum Gasteiger partial charge on any atom is -0.484 e. The van der Waals surface area contributed by atoms with Gasteiger partial charge in [-0.25, -0.2) is 4.39 Å². The lowest BCUT2D eigenvalue weighted by atomic mass is 9.88. The summed E-state index contributed by atoms with van der Waals surface area (Å²) in [5.41, 5.74) is 0.746. The number of benzene rings is 2. The normalized spacial score (nSPS) is 13.6. The largest absolute Gasteiger partial charge is 0.484 e. The lowest BCUT2D eigenvalue weighted by Gasteiger charge is -2.21. The third-order valence-corrected chi connectivity index (χ3v) is 5.72. The molecule has 2 amide bonds. The molecule has 0 spiro atoms. The number of anilines is 2.